The predicted molar refractivity (Wildman–Crippen MR) is 89.5 cm³/mol. The van der Waals surface area contributed by atoms with Crippen LogP contribution in [-0.2, 0) is 9.53 Å². The Hall–Kier alpha value is -2.61. The molecule has 3 amide bonds. The molecule has 134 valence electrons. The minimum atomic E-state index is -0.988. The third kappa shape index (κ3) is 4.69. The van der Waals surface area contributed by atoms with E-state index in [2.05, 4.69) is 16.0 Å². The Balaban J connectivity index is 1.65. The number of amides is 3. The summed E-state index contributed by atoms with van der Waals surface area (Å²) >= 11 is 0. The molecule has 1 saturated heterocycles. The number of rotatable bonds is 6. The number of hydrogen-bond donors (Lipinski definition) is 4. The van der Waals surface area contributed by atoms with Crippen LogP contribution in [-0.4, -0.2) is 47.8 Å². The van der Waals surface area contributed by atoms with Crippen molar-refractivity contribution in [1.29, 1.82) is 0 Å². The van der Waals surface area contributed by atoms with E-state index in [1.54, 1.807) is 24.3 Å². The number of carbonyl (C=O) groups excluding carboxylic acids is 2. The van der Waals surface area contributed by atoms with Crippen molar-refractivity contribution in [2.75, 3.05) is 18.5 Å². The number of anilines is 1. The second-order valence-corrected chi connectivity index (χ2v) is 6.56. The van der Waals surface area contributed by atoms with Gasteiger partial charge in [-0.15, -0.1) is 0 Å². The Morgan fingerprint density at radius 2 is 2.08 bits per heavy atom. The summed E-state index contributed by atoms with van der Waals surface area (Å²) in [5.41, 5.74) is -0.0444. The zero-order valence-corrected chi connectivity index (χ0v) is 13.7. The first-order chi connectivity index (χ1) is 12.0. The summed E-state index contributed by atoms with van der Waals surface area (Å²) in [6, 6.07) is 6.47. The molecule has 2 aliphatic rings. The lowest BCUT2D eigenvalue weighted by molar-refractivity contribution is -0.138. The average Bonchev–Trinajstić information content (AvgIpc) is 3.24. The van der Waals surface area contributed by atoms with Crippen molar-refractivity contribution in [1.82, 2.24) is 10.6 Å². The van der Waals surface area contributed by atoms with Crippen LogP contribution in [0.4, 0.5) is 10.5 Å². The minimum Gasteiger partial charge on any atom is -0.481 e. The molecule has 1 unspecified atom stereocenters. The van der Waals surface area contributed by atoms with E-state index in [-0.39, 0.29) is 25.1 Å². The van der Waals surface area contributed by atoms with Gasteiger partial charge in [0.05, 0.1) is 18.6 Å². The molecule has 0 bridgehead atoms. The van der Waals surface area contributed by atoms with Crippen molar-refractivity contribution in [3.8, 4) is 0 Å². The normalized spacial score (nSPS) is 22.2. The molecule has 2 fully saturated rings. The standard InChI is InChI=1S/C17H21N3O5/c21-14(22)9-17(6-7-25-10-17)20-15(23)11-2-1-3-13(8-11)19-16(24)18-12-4-5-12/h1-3,8,12H,4-7,9-10H2,(H,20,23)(H,21,22)(H2,18,19,24). The summed E-state index contributed by atoms with van der Waals surface area (Å²) in [5, 5.41) is 17.4. The number of benzene rings is 1. The van der Waals surface area contributed by atoms with Gasteiger partial charge in [0, 0.05) is 23.9 Å². The third-order valence-corrected chi connectivity index (χ3v) is 4.27. The van der Waals surface area contributed by atoms with Gasteiger partial charge >= 0.3 is 12.0 Å². The second-order valence-electron chi connectivity index (χ2n) is 6.56. The second kappa shape index (κ2) is 7.10. The van der Waals surface area contributed by atoms with Gasteiger partial charge in [0.2, 0.25) is 0 Å². The lowest BCUT2D eigenvalue weighted by atomic mass is 9.93. The number of nitrogens with one attached hydrogen (secondary N) is 3. The highest BCUT2D eigenvalue weighted by molar-refractivity contribution is 5.97. The summed E-state index contributed by atoms with van der Waals surface area (Å²) in [7, 11) is 0. The lowest BCUT2D eigenvalue weighted by Crippen LogP contribution is -2.50. The molecule has 0 aromatic heterocycles. The van der Waals surface area contributed by atoms with Crippen LogP contribution >= 0.6 is 0 Å². The van der Waals surface area contributed by atoms with Crippen LogP contribution in [0.2, 0.25) is 0 Å². The highest BCUT2D eigenvalue weighted by atomic mass is 16.5. The average molecular weight is 347 g/mol. The molecule has 0 radical (unpaired) electrons. The van der Waals surface area contributed by atoms with Gasteiger partial charge in [-0.2, -0.15) is 0 Å². The van der Waals surface area contributed by atoms with Crippen LogP contribution in [0.25, 0.3) is 0 Å². The monoisotopic (exact) mass is 347 g/mol. The Kier molecular flexibility index (Phi) is 4.89. The van der Waals surface area contributed by atoms with Crippen LogP contribution in [0.3, 0.4) is 0 Å². The topological polar surface area (TPSA) is 117 Å². The Labute approximate surface area is 144 Å². The molecule has 1 aromatic rings. The van der Waals surface area contributed by atoms with E-state index < -0.39 is 17.4 Å². The summed E-state index contributed by atoms with van der Waals surface area (Å²) < 4.78 is 5.27. The third-order valence-electron chi connectivity index (χ3n) is 4.27. The maximum Gasteiger partial charge on any atom is 0.319 e. The molecular formula is C17H21N3O5. The van der Waals surface area contributed by atoms with Crippen molar-refractivity contribution in [3.63, 3.8) is 0 Å². The number of urea groups is 1. The predicted octanol–water partition coefficient (Wildman–Crippen LogP) is 1.33. The van der Waals surface area contributed by atoms with Gasteiger partial charge in [-0.1, -0.05) is 6.07 Å². The van der Waals surface area contributed by atoms with Gasteiger partial charge in [-0.05, 0) is 37.5 Å². The zero-order valence-electron chi connectivity index (χ0n) is 13.7. The van der Waals surface area contributed by atoms with E-state index in [1.165, 1.54) is 0 Å². The molecule has 1 aromatic carbocycles. The van der Waals surface area contributed by atoms with Crippen molar-refractivity contribution in [3.05, 3.63) is 29.8 Å². The molecule has 1 aliphatic carbocycles. The van der Waals surface area contributed by atoms with Gasteiger partial charge in [-0.3, -0.25) is 9.59 Å². The molecule has 4 N–H and O–H groups in total. The van der Waals surface area contributed by atoms with Crippen LogP contribution < -0.4 is 16.0 Å². The van der Waals surface area contributed by atoms with Crippen LogP contribution in [0, 0.1) is 0 Å². The van der Waals surface area contributed by atoms with E-state index in [1.807, 2.05) is 0 Å². The fraction of sp³-hybridized carbons (Fsp3) is 0.471. The molecule has 1 aliphatic heterocycles. The maximum absolute atomic E-state index is 12.5. The van der Waals surface area contributed by atoms with E-state index in [0.29, 0.717) is 24.3 Å². The lowest BCUT2D eigenvalue weighted by Gasteiger charge is -2.27. The smallest absolute Gasteiger partial charge is 0.319 e. The van der Waals surface area contributed by atoms with Crippen LogP contribution in [0.5, 0.6) is 0 Å². The van der Waals surface area contributed by atoms with Crippen molar-refractivity contribution >= 4 is 23.6 Å². The summed E-state index contributed by atoms with van der Waals surface area (Å²) in [6.45, 7) is 0.587. The zero-order chi connectivity index (χ0) is 17.9. The molecule has 1 atom stereocenters. The van der Waals surface area contributed by atoms with Gasteiger partial charge in [0.1, 0.15) is 0 Å². The molecule has 25 heavy (non-hydrogen) atoms. The summed E-state index contributed by atoms with van der Waals surface area (Å²) in [6.07, 6.45) is 2.24. The molecule has 1 heterocycles. The fourth-order valence-electron chi connectivity index (χ4n) is 2.81. The first-order valence-corrected chi connectivity index (χ1v) is 8.25. The molecule has 0 spiro atoms. The maximum atomic E-state index is 12.5. The van der Waals surface area contributed by atoms with Crippen LogP contribution in [0.15, 0.2) is 24.3 Å². The Morgan fingerprint density at radius 1 is 1.28 bits per heavy atom. The van der Waals surface area contributed by atoms with E-state index >= 15 is 0 Å². The highest BCUT2D eigenvalue weighted by Gasteiger charge is 2.38. The molecule has 8 heteroatoms. The minimum absolute atomic E-state index is 0.173. The number of ether oxygens (including phenoxy) is 1. The summed E-state index contributed by atoms with van der Waals surface area (Å²) in [5.74, 6) is -1.38. The molecular weight excluding hydrogens is 326 g/mol. The molecule has 8 nitrogen and oxygen atoms in total. The number of aliphatic carboxylic acids is 1. The first kappa shape index (κ1) is 17.2. The quantitative estimate of drug-likeness (QED) is 0.619. The van der Waals surface area contributed by atoms with Gasteiger partial charge in [-0.25, -0.2) is 4.79 Å². The number of carboxylic acids is 1. The Morgan fingerprint density at radius 3 is 2.72 bits per heavy atom. The number of carbonyl (C=O) groups is 3. The fourth-order valence-corrected chi connectivity index (χ4v) is 2.81. The number of hydrogen-bond acceptors (Lipinski definition) is 4. The van der Waals surface area contributed by atoms with Gasteiger partial charge in [0.25, 0.3) is 5.91 Å². The molecule has 1 saturated carbocycles. The van der Waals surface area contributed by atoms with Crippen molar-refractivity contribution in [2.45, 2.75) is 37.3 Å². The van der Waals surface area contributed by atoms with Gasteiger partial charge < -0.3 is 25.8 Å². The Bertz CT molecular complexity index is 681. The van der Waals surface area contributed by atoms with E-state index in [9.17, 15) is 14.4 Å². The van der Waals surface area contributed by atoms with Crippen molar-refractivity contribution < 1.29 is 24.2 Å². The highest BCUT2D eigenvalue weighted by Crippen LogP contribution is 2.24. The molecule has 3 rings (SSSR count). The van der Waals surface area contributed by atoms with Gasteiger partial charge in [0.15, 0.2) is 0 Å². The summed E-state index contributed by atoms with van der Waals surface area (Å²) in [4.78, 5) is 35.4. The van der Waals surface area contributed by atoms with Crippen molar-refractivity contribution in [2.24, 2.45) is 0 Å². The van der Waals surface area contributed by atoms with E-state index in [4.69, 9.17) is 9.84 Å². The number of carboxylic acid groups (broad SMARTS) is 1. The van der Waals surface area contributed by atoms with E-state index in [0.717, 1.165) is 12.8 Å². The first-order valence-electron chi connectivity index (χ1n) is 8.25. The SMILES string of the molecule is O=C(O)CC1(NC(=O)c2cccc(NC(=O)NC3CC3)c2)CCOC1. The van der Waals surface area contributed by atoms with Crippen LogP contribution in [0.1, 0.15) is 36.0 Å². The largest absolute Gasteiger partial charge is 0.481 e.